The van der Waals surface area contributed by atoms with Crippen LogP contribution in [0.25, 0.3) is 0 Å². The van der Waals surface area contributed by atoms with Gasteiger partial charge >= 0.3 is 12.1 Å². The number of hydrogen-bond acceptors (Lipinski definition) is 3. The molecule has 2 aliphatic rings. The van der Waals surface area contributed by atoms with Crippen LogP contribution in [0.15, 0.2) is 12.2 Å². The summed E-state index contributed by atoms with van der Waals surface area (Å²) in [6.45, 7) is -1.70. The predicted molar refractivity (Wildman–Crippen MR) is 65.2 cm³/mol. The molecular formula is C13H16F3NO4. The molecule has 0 saturated heterocycles. The van der Waals surface area contributed by atoms with Gasteiger partial charge in [-0.25, -0.2) is 0 Å². The molecule has 1 fully saturated rings. The SMILES string of the molecule is O=C(O)C1C2C=CC(C2)C1C(=O)NCCOCC(F)(F)F. The number of nitrogens with one attached hydrogen (secondary N) is 1. The van der Waals surface area contributed by atoms with Gasteiger partial charge in [0.2, 0.25) is 5.91 Å². The lowest BCUT2D eigenvalue weighted by molar-refractivity contribution is -0.173. The second kappa shape index (κ2) is 6.05. The topological polar surface area (TPSA) is 75.6 Å². The Kier molecular flexibility index (Phi) is 4.55. The molecule has 1 saturated carbocycles. The number of halogens is 3. The Balaban J connectivity index is 1.78. The van der Waals surface area contributed by atoms with E-state index >= 15 is 0 Å². The first-order chi connectivity index (χ1) is 9.79. The first-order valence-electron chi connectivity index (χ1n) is 6.63. The lowest BCUT2D eigenvalue weighted by Crippen LogP contribution is -2.41. The minimum Gasteiger partial charge on any atom is -0.481 e. The molecule has 0 spiro atoms. The fourth-order valence-corrected chi connectivity index (χ4v) is 3.07. The lowest BCUT2D eigenvalue weighted by atomic mass is 9.82. The van der Waals surface area contributed by atoms with Crippen molar-refractivity contribution in [2.75, 3.05) is 19.8 Å². The second-order valence-corrected chi connectivity index (χ2v) is 5.30. The molecule has 2 N–H and O–H groups in total. The number of carboxylic acid groups (broad SMARTS) is 1. The Labute approximate surface area is 119 Å². The number of alkyl halides is 3. The first-order valence-corrected chi connectivity index (χ1v) is 6.63. The van der Waals surface area contributed by atoms with Crippen molar-refractivity contribution in [3.8, 4) is 0 Å². The van der Waals surface area contributed by atoms with Gasteiger partial charge in [-0.3, -0.25) is 9.59 Å². The van der Waals surface area contributed by atoms with Gasteiger partial charge in [0.15, 0.2) is 0 Å². The molecule has 8 heteroatoms. The molecule has 2 bridgehead atoms. The van der Waals surface area contributed by atoms with Crippen LogP contribution in [0.4, 0.5) is 13.2 Å². The van der Waals surface area contributed by atoms with Crippen LogP contribution in [0.1, 0.15) is 6.42 Å². The average molecular weight is 307 g/mol. The molecule has 2 aliphatic carbocycles. The number of fused-ring (bicyclic) bond motifs is 2. The number of carbonyl (C=O) groups is 2. The summed E-state index contributed by atoms with van der Waals surface area (Å²) in [4.78, 5) is 23.3. The predicted octanol–water partition coefficient (Wildman–Crippen LogP) is 1.20. The summed E-state index contributed by atoms with van der Waals surface area (Å²) in [6, 6.07) is 0. The van der Waals surface area contributed by atoms with Crippen molar-refractivity contribution < 1.29 is 32.6 Å². The number of aliphatic carboxylic acids is 1. The van der Waals surface area contributed by atoms with Crippen molar-refractivity contribution in [3.05, 3.63) is 12.2 Å². The maximum absolute atomic E-state index is 12.0. The zero-order valence-corrected chi connectivity index (χ0v) is 11.1. The van der Waals surface area contributed by atoms with Crippen LogP contribution in [0, 0.1) is 23.7 Å². The zero-order valence-electron chi connectivity index (χ0n) is 11.1. The maximum atomic E-state index is 12.0. The van der Waals surface area contributed by atoms with Crippen LogP contribution in [0.5, 0.6) is 0 Å². The van der Waals surface area contributed by atoms with E-state index in [1.807, 2.05) is 12.2 Å². The molecule has 0 aromatic heterocycles. The summed E-state index contributed by atoms with van der Waals surface area (Å²) < 4.78 is 39.9. The second-order valence-electron chi connectivity index (χ2n) is 5.30. The average Bonchev–Trinajstić information content (AvgIpc) is 2.96. The molecule has 0 aliphatic heterocycles. The van der Waals surface area contributed by atoms with Crippen LogP contribution >= 0.6 is 0 Å². The van der Waals surface area contributed by atoms with E-state index in [4.69, 9.17) is 0 Å². The van der Waals surface area contributed by atoms with Gasteiger partial charge in [-0.1, -0.05) is 12.2 Å². The highest BCUT2D eigenvalue weighted by Crippen LogP contribution is 2.48. The van der Waals surface area contributed by atoms with E-state index in [0.717, 1.165) is 0 Å². The molecule has 21 heavy (non-hydrogen) atoms. The largest absolute Gasteiger partial charge is 0.481 e. The Morgan fingerprint density at radius 2 is 1.86 bits per heavy atom. The lowest BCUT2D eigenvalue weighted by Gasteiger charge is -2.23. The van der Waals surface area contributed by atoms with E-state index in [-0.39, 0.29) is 25.0 Å². The van der Waals surface area contributed by atoms with Crippen LogP contribution in [0.3, 0.4) is 0 Å². The molecule has 1 amide bonds. The fourth-order valence-electron chi connectivity index (χ4n) is 3.07. The van der Waals surface area contributed by atoms with Gasteiger partial charge in [-0.2, -0.15) is 13.2 Å². The van der Waals surface area contributed by atoms with Crippen molar-refractivity contribution in [2.45, 2.75) is 12.6 Å². The van der Waals surface area contributed by atoms with E-state index in [1.54, 1.807) is 0 Å². The molecular weight excluding hydrogens is 291 g/mol. The van der Waals surface area contributed by atoms with E-state index in [2.05, 4.69) is 10.1 Å². The monoisotopic (exact) mass is 307 g/mol. The number of allylic oxidation sites excluding steroid dienone is 2. The molecule has 0 aromatic rings. The third-order valence-corrected chi connectivity index (χ3v) is 3.86. The van der Waals surface area contributed by atoms with Gasteiger partial charge in [0.1, 0.15) is 6.61 Å². The van der Waals surface area contributed by atoms with Gasteiger partial charge < -0.3 is 15.2 Å². The number of carboxylic acids is 1. The highest BCUT2D eigenvalue weighted by molar-refractivity contribution is 5.86. The van der Waals surface area contributed by atoms with E-state index in [9.17, 15) is 27.9 Å². The molecule has 4 atom stereocenters. The van der Waals surface area contributed by atoms with E-state index in [0.29, 0.717) is 6.42 Å². The number of rotatable bonds is 6. The molecule has 5 nitrogen and oxygen atoms in total. The number of hydrogen-bond donors (Lipinski definition) is 2. The Hall–Kier alpha value is -1.57. The van der Waals surface area contributed by atoms with Crippen molar-refractivity contribution in [1.82, 2.24) is 5.32 Å². The van der Waals surface area contributed by atoms with E-state index < -0.39 is 36.5 Å². The number of ether oxygens (including phenoxy) is 1. The quantitative estimate of drug-likeness (QED) is 0.571. The minimum atomic E-state index is -4.40. The van der Waals surface area contributed by atoms with Gasteiger partial charge in [-0.15, -0.1) is 0 Å². The van der Waals surface area contributed by atoms with Crippen molar-refractivity contribution in [2.24, 2.45) is 23.7 Å². The normalized spacial score (nSPS) is 30.6. The molecule has 0 heterocycles. The maximum Gasteiger partial charge on any atom is 0.411 e. The van der Waals surface area contributed by atoms with Gasteiger partial charge in [0.05, 0.1) is 18.4 Å². The molecule has 2 rings (SSSR count). The summed E-state index contributed by atoms with van der Waals surface area (Å²) in [5, 5.41) is 11.6. The first kappa shape index (κ1) is 15.8. The van der Waals surface area contributed by atoms with Gasteiger partial charge in [0, 0.05) is 6.54 Å². The van der Waals surface area contributed by atoms with Crippen molar-refractivity contribution >= 4 is 11.9 Å². The zero-order chi connectivity index (χ0) is 15.6. The third-order valence-electron chi connectivity index (χ3n) is 3.86. The van der Waals surface area contributed by atoms with Crippen LogP contribution in [-0.2, 0) is 14.3 Å². The number of amides is 1. The van der Waals surface area contributed by atoms with Crippen LogP contribution < -0.4 is 5.32 Å². The van der Waals surface area contributed by atoms with Crippen molar-refractivity contribution in [1.29, 1.82) is 0 Å². The van der Waals surface area contributed by atoms with Crippen LogP contribution in [-0.4, -0.2) is 42.9 Å². The van der Waals surface area contributed by atoms with Gasteiger partial charge in [-0.05, 0) is 18.3 Å². The highest BCUT2D eigenvalue weighted by atomic mass is 19.4. The summed E-state index contributed by atoms with van der Waals surface area (Å²) in [5.41, 5.74) is 0. The molecule has 4 unspecified atom stereocenters. The summed E-state index contributed by atoms with van der Waals surface area (Å²) in [6.07, 6.45) is -0.0956. The fraction of sp³-hybridized carbons (Fsp3) is 0.692. The van der Waals surface area contributed by atoms with Crippen LogP contribution in [0.2, 0.25) is 0 Å². The summed E-state index contributed by atoms with van der Waals surface area (Å²) in [7, 11) is 0. The molecule has 118 valence electrons. The molecule has 0 aromatic carbocycles. The molecule has 0 radical (unpaired) electrons. The summed E-state index contributed by atoms with van der Waals surface area (Å²) >= 11 is 0. The third kappa shape index (κ3) is 3.75. The smallest absolute Gasteiger partial charge is 0.411 e. The van der Waals surface area contributed by atoms with Gasteiger partial charge in [0.25, 0.3) is 0 Å². The number of carbonyl (C=O) groups excluding carboxylic acids is 1. The Morgan fingerprint density at radius 3 is 2.43 bits per heavy atom. The Morgan fingerprint density at radius 1 is 1.24 bits per heavy atom. The highest BCUT2D eigenvalue weighted by Gasteiger charge is 2.51. The minimum absolute atomic E-state index is 0.0706. The summed E-state index contributed by atoms with van der Waals surface area (Å²) in [5.74, 6) is -3.09. The van der Waals surface area contributed by atoms with E-state index in [1.165, 1.54) is 0 Å². The standard InChI is InChI=1S/C13H16F3NO4/c14-13(15,16)6-21-4-3-17-11(18)9-7-1-2-8(5-7)10(9)12(19)20/h1-2,7-10H,3-6H2,(H,17,18)(H,19,20). The Bertz CT molecular complexity index is 449. The van der Waals surface area contributed by atoms with Crippen molar-refractivity contribution in [3.63, 3.8) is 0 Å².